The van der Waals surface area contributed by atoms with Crippen LogP contribution in [0.4, 0.5) is 0 Å². The van der Waals surface area contributed by atoms with Crippen LogP contribution in [0.2, 0.25) is 10.0 Å². The van der Waals surface area contributed by atoms with Crippen molar-refractivity contribution in [3.05, 3.63) is 64.1 Å². The molecule has 4 nitrogen and oxygen atoms in total. The highest BCUT2D eigenvalue weighted by Crippen LogP contribution is 2.24. The average molecular weight is 453 g/mol. The standard InChI is InChI=1S/C22H26Cl2N2O2S/c1-4-15(2)25-22(28)16(3)26(13-17-10-11-19(23)20(24)12-17)21(27)14-29-18-8-6-5-7-9-18/h5-12,15-16H,4,13-14H2,1-3H3,(H,25,28)/t15-,16-/m0/s1. The van der Waals surface area contributed by atoms with Gasteiger partial charge in [0.2, 0.25) is 11.8 Å². The van der Waals surface area contributed by atoms with Gasteiger partial charge in [0.15, 0.2) is 0 Å². The Balaban J connectivity index is 2.17. The van der Waals surface area contributed by atoms with Gasteiger partial charge in [-0.15, -0.1) is 11.8 Å². The minimum absolute atomic E-state index is 0.0468. The summed E-state index contributed by atoms with van der Waals surface area (Å²) in [6.07, 6.45) is 0.822. The highest BCUT2D eigenvalue weighted by molar-refractivity contribution is 8.00. The summed E-state index contributed by atoms with van der Waals surface area (Å²) < 4.78 is 0. The van der Waals surface area contributed by atoms with Gasteiger partial charge in [0.1, 0.15) is 6.04 Å². The molecule has 2 atom stereocenters. The summed E-state index contributed by atoms with van der Waals surface area (Å²) >= 11 is 13.6. The Hall–Kier alpha value is -1.69. The monoisotopic (exact) mass is 452 g/mol. The molecule has 29 heavy (non-hydrogen) atoms. The van der Waals surface area contributed by atoms with E-state index in [-0.39, 0.29) is 30.2 Å². The van der Waals surface area contributed by atoms with Crippen molar-refractivity contribution in [2.24, 2.45) is 0 Å². The summed E-state index contributed by atoms with van der Waals surface area (Å²) in [6, 6.07) is 14.4. The summed E-state index contributed by atoms with van der Waals surface area (Å²) in [5.41, 5.74) is 0.820. The van der Waals surface area contributed by atoms with Gasteiger partial charge in [-0.2, -0.15) is 0 Å². The number of thioether (sulfide) groups is 1. The molecule has 0 heterocycles. The lowest BCUT2D eigenvalue weighted by molar-refractivity contribution is -0.138. The van der Waals surface area contributed by atoms with Crippen LogP contribution in [0.3, 0.4) is 0 Å². The van der Waals surface area contributed by atoms with Crippen LogP contribution in [0, 0.1) is 0 Å². The molecule has 0 unspecified atom stereocenters. The largest absolute Gasteiger partial charge is 0.352 e. The van der Waals surface area contributed by atoms with E-state index < -0.39 is 6.04 Å². The lowest BCUT2D eigenvalue weighted by Crippen LogP contribution is -2.50. The lowest BCUT2D eigenvalue weighted by Gasteiger charge is -2.29. The number of hydrogen-bond acceptors (Lipinski definition) is 3. The number of carbonyl (C=O) groups is 2. The van der Waals surface area contributed by atoms with E-state index in [0.29, 0.717) is 10.0 Å². The Bertz CT molecular complexity index is 833. The van der Waals surface area contributed by atoms with Crippen molar-refractivity contribution in [3.63, 3.8) is 0 Å². The first kappa shape index (κ1) is 23.6. The zero-order chi connectivity index (χ0) is 21.4. The third kappa shape index (κ3) is 7.25. The van der Waals surface area contributed by atoms with Crippen LogP contribution >= 0.6 is 35.0 Å². The maximum atomic E-state index is 13.0. The van der Waals surface area contributed by atoms with Crippen molar-refractivity contribution in [2.75, 3.05) is 5.75 Å². The van der Waals surface area contributed by atoms with Crippen molar-refractivity contribution >= 4 is 46.8 Å². The van der Waals surface area contributed by atoms with E-state index in [4.69, 9.17) is 23.2 Å². The molecule has 2 aromatic rings. The predicted octanol–water partition coefficient (Wildman–Crippen LogP) is 5.42. The lowest BCUT2D eigenvalue weighted by atomic mass is 10.1. The smallest absolute Gasteiger partial charge is 0.242 e. The Morgan fingerprint density at radius 2 is 1.76 bits per heavy atom. The number of rotatable bonds is 9. The zero-order valence-electron chi connectivity index (χ0n) is 16.8. The van der Waals surface area contributed by atoms with E-state index in [1.165, 1.54) is 11.8 Å². The molecule has 0 radical (unpaired) electrons. The average Bonchev–Trinajstić information content (AvgIpc) is 2.72. The van der Waals surface area contributed by atoms with E-state index in [0.717, 1.165) is 16.9 Å². The fourth-order valence-corrected chi connectivity index (χ4v) is 3.75. The molecule has 0 saturated carbocycles. The first-order valence-electron chi connectivity index (χ1n) is 9.53. The highest BCUT2D eigenvalue weighted by Gasteiger charge is 2.27. The molecule has 156 valence electrons. The molecular formula is C22H26Cl2N2O2S. The van der Waals surface area contributed by atoms with Crippen molar-refractivity contribution in [3.8, 4) is 0 Å². The molecule has 2 aromatic carbocycles. The number of carbonyl (C=O) groups excluding carboxylic acids is 2. The van der Waals surface area contributed by atoms with Crippen LogP contribution in [-0.2, 0) is 16.1 Å². The molecule has 0 aliphatic heterocycles. The summed E-state index contributed by atoms with van der Waals surface area (Å²) in [5, 5.41) is 3.84. The number of amides is 2. The van der Waals surface area contributed by atoms with Gasteiger partial charge in [-0.3, -0.25) is 9.59 Å². The fourth-order valence-electron chi connectivity index (χ4n) is 2.63. The molecule has 0 bridgehead atoms. The van der Waals surface area contributed by atoms with Crippen molar-refractivity contribution in [1.29, 1.82) is 0 Å². The van der Waals surface area contributed by atoms with Crippen LogP contribution in [0.15, 0.2) is 53.4 Å². The number of halogens is 2. The van der Waals surface area contributed by atoms with Gasteiger partial charge in [0, 0.05) is 17.5 Å². The quantitative estimate of drug-likeness (QED) is 0.516. The van der Waals surface area contributed by atoms with Crippen LogP contribution in [-0.4, -0.2) is 34.6 Å². The van der Waals surface area contributed by atoms with Crippen LogP contribution in [0.5, 0.6) is 0 Å². The summed E-state index contributed by atoms with van der Waals surface area (Å²) in [5.74, 6) is -0.0408. The van der Waals surface area contributed by atoms with Crippen LogP contribution in [0.1, 0.15) is 32.8 Å². The molecule has 0 aromatic heterocycles. The Labute approximate surface area is 187 Å². The summed E-state index contributed by atoms with van der Waals surface area (Å²) in [7, 11) is 0. The van der Waals surface area contributed by atoms with Gasteiger partial charge in [0.05, 0.1) is 15.8 Å². The van der Waals surface area contributed by atoms with E-state index in [2.05, 4.69) is 5.32 Å². The van der Waals surface area contributed by atoms with E-state index >= 15 is 0 Å². The number of nitrogens with one attached hydrogen (secondary N) is 1. The molecule has 0 aliphatic carbocycles. The van der Waals surface area contributed by atoms with Gasteiger partial charge >= 0.3 is 0 Å². The molecule has 2 rings (SSSR count). The zero-order valence-corrected chi connectivity index (χ0v) is 19.2. The molecule has 0 spiro atoms. The van der Waals surface area contributed by atoms with E-state index in [1.54, 1.807) is 24.0 Å². The Kier molecular flexibility index (Phi) is 9.34. The van der Waals surface area contributed by atoms with Gasteiger partial charge in [-0.05, 0) is 50.1 Å². The second kappa shape index (κ2) is 11.5. The molecule has 2 amide bonds. The minimum Gasteiger partial charge on any atom is -0.352 e. The first-order chi connectivity index (χ1) is 13.8. The van der Waals surface area contributed by atoms with E-state index in [9.17, 15) is 9.59 Å². The maximum Gasteiger partial charge on any atom is 0.242 e. The topological polar surface area (TPSA) is 49.4 Å². The first-order valence-corrected chi connectivity index (χ1v) is 11.3. The Morgan fingerprint density at radius 3 is 2.38 bits per heavy atom. The molecule has 1 N–H and O–H groups in total. The number of benzene rings is 2. The minimum atomic E-state index is -0.609. The molecular weight excluding hydrogens is 427 g/mol. The molecule has 0 fully saturated rings. The van der Waals surface area contributed by atoms with Crippen LogP contribution in [0.25, 0.3) is 0 Å². The fraction of sp³-hybridized carbons (Fsp3) is 0.364. The number of nitrogens with zero attached hydrogens (tertiary/aromatic N) is 1. The molecule has 7 heteroatoms. The van der Waals surface area contributed by atoms with Gasteiger partial charge in [0.25, 0.3) is 0 Å². The van der Waals surface area contributed by atoms with E-state index in [1.807, 2.05) is 50.2 Å². The third-order valence-corrected chi connectivity index (χ3v) is 6.35. The van der Waals surface area contributed by atoms with Gasteiger partial charge < -0.3 is 10.2 Å². The predicted molar refractivity (Wildman–Crippen MR) is 122 cm³/mol. The van der Waals surface area contributed by atoms with Crippen molar-refractivity contribution in [2.45, 2.75) is 50.7 Å². The summed E-state index contributed by atoms with van der Waals surface area (Å²) in [4.78, 5) is 28.3. The maximum absolute atomic E-state index is 13.0. The normalized spacial score (nSPS) is 12.9. The SMILES string of the molecule is CC[C@H](C)NC(=O)[C@H](C)N(Cc1ccc(Cl)c(Cl)c1)C(=O)CSc1ccccc1. The third-order valence-electron chi connectivity index (χ3n) is 4.61. The molecule has 0 aliphatic rings. The second-order valence-electron chi connectivity index (χ2n) is 6.87. The second-order valence-corrected chi connectivity index (χ2v) is 8.73. The van der Waals surface area contributed by atoms with Crippen molar-refractivity contribution < 1.29 is 9.59 Å². The van der Waals surface area contributed by atoms with Crippen LogP contribution < -0.4 is 5.32 Å². The highest BCUT2D eigenvalue weighted by atomic mass is 35.5. The summed E-state index contributed by atoms with van der Waals surface area (Å²) in [6.45, 7) is 5.98. The Morgan fingerprint density at radius 1 is 1.07 bits per heavy atom. The number of hydrogen-bond donors (Lipinski definition) is 1. The molecule has 0 saturated heterocycles. The van der Waals surface area contributed by atoms with Crippen molar-refractivity contribution in [1.82, 2.24) is 10.2 Å². The van der Waals surface area contributed by atoms with Gasteiger partial charge in [-0.25, -0.2) is 0 Å². The van der Waals surface area contributed by atoms with Gasteiger partial charge in [-0.1, -0.05) is 54.4 Å².